The van der Waals surface area contributed by atoms with Gasteiger partial charge in [0.15, 0.2) is 6.29 Å². The van der Waals surface area contributed by atoms with E-state index in [1.807, 2.05) is 0 Å². The fourth-order valence-corrected chi connectivity index (χ4v) is 1.78. The van der Waals surface area contributed by atoms with Crippen LogP contribution < -0.4 is 0 Å². The third-order valence-electron chi connectivity index (χ3n) is 2.73. The maximum atomic E-state index is 9.39. The first-order valence-electron chi connectivity index (χ1n) is 6.17. The molecule has 1 fully saturated rings. The van der Waals surface area contributed by atoms with Crippen LogP contribution in [0.4, 0.5) is 0 Å². The Morgan fingerprint density at radius 3 is 3.00 bits per heavy atom. The fraction of sp³-hybridized carbons (Fsp3) is 0.846. The summed E-state index contributed by atoms with van der Waals surface area (Å²) in [6.07, 6.45) is 11.3. The first-order chi connectivity index (χ1) is 7.83. The molecule has 1 aliphatic rings. The van der Waals surface area contributed by atoms with E-state index in [1.165, 1.54) is 6.42 Å². The van der Waals surface area contributed by atoms with Crippen molar-refractivity contribution in [1.29, 1.82) is 0 Å². The Morgan fingerprint density at radius 1 is 1.44 bits per heavy atom. The van der Waals surface area contributed by atoms with Gasteiger partial charge in [0.25, 0.3) is 0 Å². The molecule has 1 heterocycles. The average molecular weight is 226 g/mol. The van der Waals surface area contributed by atoms with Gasteiger partial charge in [0.1, 0.15) is 0 Å². The van der Waals surface area contributed by atoms with Crippen LogP contribution in [0.5, 0.6) is 0 Å². The van der Waals surface area contributed by atoms with Crippen LogP contribution in [0.2, 0.25) is 0 Å². The van der Waals surface area contributed by atoms with Gasteiger partial charge in [0, 0.05) is 19.6 Å². The first kappa shape index (κ1) is 13.5. The fourth-order valence-electron chi connectivity index (χ4n) is 1.78. The third-order valence-corrected chi connectivity index (χ3v) is 2.73. The second-order valence-electron chi connectivity index (χ2n) is 4.22. The van der Waals surface area contributed by atoms with Gasteiger partial charge < -0.3 is 14.6 Å². The summed E-state index contributed by atoms with van der Waals surface area (Å²) in [4.78, 5) is 0. The van der Waals surface area contributed by atoms with Crippen LogP contribution in [0.3, 0.4) is 0 Å². The molecular formula is C13H22O3. The van der Waals surface area contributed by atoms with E-state index in [9.17, 15) is 5.11 Å². The molecule has 0 unspecified atom stereocenters. The van der Waals surface area contributed by atoms with Gasteiger partial charge in [-0.15, -0.1) is 12.3 Å². The van der Waals surface area contributed by atoms with E-state index in [2.05, 4.69) is 5.92 Å². The van der Waals surface area contributed by atoms with Gasteiger partial charge in [-0.1, -0.05) is 0 Å². The van der Waals surface area contributed by atoms with E-state index in [4.69, 9.17) is 15.9 Å². The second-order valence-corrected chi connectivity index (χ2v) is 4.22. The van der Waals surface area contributed by atoms with Gasteiger partial charge in [-0.05, 0) is 38.5 Å². The van der Waals surface area contributed by atoms with Crippen molar-refractivity contribution < 1.29 is 14.6 Å². The molecule has 92 valence electrons. The highest BCUT2D eigenvalue weighted by Gasteiger charge is 2.13. The SMILES string of the molecule is C#CC[C@@H](O)CCCCO[C@@H]1CCCCO1. The monoisotopic (exact) mass is 226 g/mol. The van der Waals surface area contributed by atoms with E-state index in [0.717, 1.165) is 38.7 Å². The topological polar surface area (TPSA) is 38.7 Å². The van der Waals surface area contributed by atoms with E-state index >= 15 is 0 Å². The molecule has 0 spiro atoms. The number of hydrogen-bond donors (Lipinski definition) is 1. The summed E-state index contributed by atoms with van der Waals surface area (Å²) in [5.74, 6) is 2.46. The van der Waals surface area contributed by atoms with Gasteiger partial charge >= 0.3 is 0 Å². The van der Waals surface area contributed by atoms with Crippen molar-refractivity contribution in [3.8, 4) is 12.3 Å². The predicted octanol–water partition coefficient (Wildman–Crippen LogP) is 2.08. The Balaban J connectivity index is 1.89. The minimum Gasteiger partial charge on any atom is -0.392 e. The molecule has 16 heavy (non-hydrogen) atoms. The number of hydrogen-bond acceptors (Lipinski definition) is 3. The maximum Gasteiger partial charge on any atom is 0.157 e. The van der Waals surface area contributed by atoms with Crippen molar-refractivity contribution in [3.63, 3.8) is 0 Å². The number of ether oxygens (including phenoxy) is 2. The zero-order valence-electron chi connectivity index (χ0n) is 9.86. The Bertz CT molecular complexity index is 204. The molecule has 2 atom stereocenters. The standard InChI is InChI=1S/C13H22O3/c1-2-7-12(14)8-3-5-10-15-13-9-4-6-11-16-13/h1,12-14H,3-11H2/t12-,13+/m1/s1. The molecule has 1 saturated heterocycles. The summed E-state index contributed by atoms with van der Waals surface area (Å²) < 4.78 is 11.0. The van der Waals surface area contributed by atoms with Crippen molar-refractivity contribution in [3.05, 3.63) is 0 Å². The van der Waals surface area contributed by atoms with E-state index in [0.29, 0.717) is 13.0 Å². The largest absolute Gasteiger partial charge is 0.392 e. The molecule has 1 rings (SSSR count). The molecule has 0 bridgehead atoms. The van der Waals surface area contributed by atoms with E-state index in [1.54, 1.807) is 0 Å². The molecule has 3 nitrogen and oxygen atoms in total. The third kappa shape index (κ3) is 6.12. The molecule has 1 N–H and O–H groups in total. The van der Waals surface area contributed by atoms with Crippen LogP contribution >= 0.6 is 0 Å². The molecule has 0 aromatic carbocycles. The zero-order chi connectivity index (χ0) is 11.6. The summed E-state index contributed by atoms with van der Waals surface area (Å²) in [6, 6.07) is 0. The number of aliphatic hydroxyl groups excluding tert-OH is 1. The summed E-state index contributed by atoms with van der Waals surface area (Å²) in [5, 5.41) is 9.39. The molecule has 0 aliphatic carbocycles. The Hall–Kier alpha value is -0.560. The molecule has 0 amide bonds. The summed E-state index contributed by atoms with van der Waals surface area (Å²) in [6.45, 7) is 1.54. The highest BCUT2D eigenvalue weighted by Crippen LogP contribution is 2.14. The van der Waals surface area contributed by atoms with Crippen molar-refractivity contribution in [2.75, 3.05) is 13.2 Å². The summed E-state index contributed by atoms with van der Waals surface area (Å²) in [7, 11) is 0. The molecule has 3 heteroatoms. The minimum absolute atomic E-state index is 0.00406. The number of rotatable bonds is 7. The minimum atomic E-state index is -0.351. The first-order valence-corrected chi connectivity index (χ1v) is 6.17. The second kappa shape index (κ2) is 8.58. The predicted molar refractivity (Wildman–Crippen MR) is 62.9 cm³/mol. The highest BCUT2D eigenvalue weighted by molar-refractivity contribution is 4.86. The average Bonchev–Trinajstić information content (AvgIpc) is 2.30. The molecule has 0 aromatic heterocycles. The lowest BCUT2D eigenvalue weighted by Crippen LogP contribution is -2.22. The van der Waals surface area contributed by atoms with Gasteiger partial charge in [0.2, 0.25) is 0 Å². The van der Waals surface area contributed by atoms with Crippen molar-refractivity contribution in [1.82, 2.24) is 0 Å². The molecule has 1 aliphatic heterocycles. The van der Waals surface area contributed by atoms with Crippen LogP contribution in [0.1, 0.15) is 44.9 Å². The van der Waals surface area contributed by atoms with Crippen LogP contribution in [0, 0.1) is 12.3 Å². The molecule has 0 aromatic rings. The lowest BCUT2D eigenvalue weighted by atomic mass is 10.1. The van der Waals surface area contributed by atoms with E-state index < -0.39 is 0 Å². The lowest BCUT2D eigenvalue weighted by Gasteiger charge is -2.22. The number of terminal acetylenes is 1. The smallest absolute Gasteiger partial charge is 0.157 e. The summed E-state index contributed by atoms with van der Waals surface area (Å²) in [5.41, 5.74) is 0. The molecular weight excluding hydrogens is 204 g/mol. The van der Waals surface area contributed by atoms with Crippen LogP contribution in [0.15, 0.2) is 0 Å². The van der Waals surface area contributed by atoms with Gasteiger partial charge in [-0.2, -0.15) is 0 Å². The zero-order valence-corrected chi connectivity index (χ0v) is 9.86. The molecule has 0 radical (unpaired) electrons. The van der Waals surface area contributed by atoms with Crippen molar-refractivity contribution in [2.45, 2.75) is 57.3 Å². The number of aliphatic hydroxyl groups is 1. The van der Waals surface area contributed by atoms with Crippen molar-refractivity contribution in [2.24, 2.45) is 0 Å². The van der Waals surface area contributed by atoms with Gasteiger partial charge in [-0.25, -0.2) is 0 Å². The quantitative estimate of drug-likeness (QED) is 0.533. The van der Waals surface area contributed by atoms with Gasteiger partial charge in [0.05, 0.1) is 6.10 Å². The summed E-state index contributed by atoms with van der Waals surface area (Å²) >= 11 is 0. The van der Waals surface area contributed by atoms with Crippen LogP contribution in [-0.2, 0) is 9.47 Å². The Morgan fingerprint density at radius 2 is 2.31 bits per heavy atom. The van der Waals surface area contributed by atoms with Gasteiger partial charge in [-0.3, -0.25) is 0 Å². The number of unbranched alkanes of at least 4 members (excludes halogenated alkanes) is 1. The Labute approximate surface area is 98.1 Å². The highest BCUT2D eigenvalue weighted by atomic mass is 16.7. The lowest BCUT2D eigenvalue weighted by molar-refractivity contribution is -0.162. The van der Waals surface area contributed by atoms with Crippen molar-refractivity contribution >= 4 is 0 Å². The van der Waals surface area contributed by atoms with E-state index in [-0.39, 0.29) is 12.4 Å². The maximum absolute atomic E-state index is 9.39. The Kier molecular flexibility index (Phi) is 7.24. The van der Waals surface area contributed by atoms with Crippen LogP contribution in [0.25, 0.3) is 0 Å². The normalized spacial score (nSPS) is 22.6. The van der Waals surface area contributed by atoms with Crippen LogP contribution in [-0.4, -0.2) is 30.7 Å². The molecule has 0 saturated carbocycles.